The van der Waals surface area contributed by atoms with E-state index in [1.165, 1.54) is 31.9 Å². The molecule has 1 aliphatic rings. The van der Waals surface area contributed by atoms with Gasteiger partial charge in [-0.2, -0.15) is 0 Å². The summed E-state index contributed by atoms with van der Waals surface area (Å²) in [6, 6.07) is 2.90. The molecule has 0 aromatic heterocycles. The van der Waals surface area contributed by atoms with E-state index in [2.05, 4.69) is 0 Å². The van der Waals surface area contributed by atoms with Crippen LogP contribution in [-0.4, -0.2) is 35.2 Å². The molecule has 0 unspecified atom stereocenters. The molecule has 7 nitrogen and oxygen atoms in total. The molecule has 0 spiro atoms. The van der Waals surface area contributed by atoms with E-state index in [1.807, 2.05) is 0 Å². The topological polar surface area (TPSA) is 92.9 Å². The van der Waals surface area contributed by atoms with E-state index in [1.54, 1.807) is 6.07 Å². The number of hydrogen-bond donors (Lipinski definition) is 1. The minimum atomic E-state index is -1.52. The van der Waals surface area contributed by atoms with Gasteiger partial charge in [0.2, 0.25) is 0 Å². The lowest BCUT2D eigenvalue weighted by molar-refractivity contribution is -0.385. The van der Waals surface area contributed by atoms with Gasteiger partial charge in [-0.1, -0.05) is 0 Å². The number of nitro groups is 1. The van der Waals surface area contributed by atoms with Crippen LogP contribution in [0.2, 0.25) is 0 Å². The molecule has 2 rings (SSSR count). The number of benzene rings is 1. The number of carbonyl (C=O) groups excluding carboxylic acids is 1. The Labute approximate surface area is 115 Å². The Morgan fingerprint density at radius 1 is 1.50 bits per heavy atom. The zero-order chi connectivity index (χ0) is 15.1. The Bertz CT molecular complexity index is 577. The van der Waals surface area contributed by atoms with Gasteiger partial charge in [-0.3, -0.25) is 14.9 Å². The van der Waals surface area contributed by atoms with Gasteiger partial charge in [-0.25, -0.2) is 0 Å². The number of methoxy groups -OCH3 is 1. The summed E-state index contributed by atoms with van der Waals surface area (Å²) in [5.74, 6) is -0.304. The van der Waals surface area contributed by atoms with Crippen molar-refractivity contribution in [2.75, 3.05) is 18.6 Å². The Hall–Kier alpha value is -2.15. The molecule has 20 heavy (non-hydrogen) atoms. The third kappa shape index (κ3) is 2.32. The van der Waals surface area contributed by atoms with E-state index in [0.29, 0.717) is 18.7 Å². The quantitative estimate of drug-likeness (QED) is 0.664. The van der Waals surface area contributed by atoms with E-state index in [4.69, 9.17) is 4.74 Å². The Morgan fingerprint density at radius 3 is 2.65 bits per heavy atom. The van der Waals surface area contributed by atoms with Crippen LogP contribution in [0.5, 0.6) is 5.75 Å². The van der Waals surface area contributed by atoms with Crippen molar-refractivity contribution < 1.29 is 19.6 Å². The Morgan fingerprint density at radius 2 is 2.15 bits per heavy atom. The van der Waals surface area contributed by atoms with Gasteiger partial charge in [0.15, 0.2) is 5.75 Å². The molecule has 0 atom stereocenters. The van der Waals surface area contributed by atoms with E-state index in [0.717, 1.165) is 5.56 Å². The van der Waals surface area contributed by atoms with Gasteiger partial charge in [-0.15, -0.1) is 0 Å². The smallest absolute Gasteiger partial charge is 0.313 e. The fraction of sp³-hybridized carbons (Fsp3) is 0.462. The number of anilines is 1. The maximum Gasteiger partial charge on any atom is 0.313 e. The molecule has 0 bridgehead atoms. The fourth-order valence-corrected chi connectivity index (χ4v) is 2.25. The molecule has 0 saturated heterocycles. The summed E-state index contributed by atoms with van der Waals surface area (Å²) in [7, 11) is 1.36. The van der Waals surface area contributed by atoms with Crippen molar-refractivity contribution in [3.63, 3.8) is 0 Å². The van der Waals surface area contributed by atoms with E-state index in [9.17, 15) is 20.0 Å². The average Bonchev–Trinajstić information content (AvgIpc) is 2.77. The van der Waals surface area contributed by atoms with E-state index >= 15 is 0 Å². The summed E-state index contributed by atoms with van der Waals surface area (Å²) in [5, 5.41) is 20.8. The standard InChI is InChI=1S/C13H16N2O5/c1-13(2,17)12(16)14-5-4-8-6-11(20-3)10(15(18)19)7-9(8)14/h6-7,17H,4-5H2,1-3H3. The molecule has 0 radical (unpaired) electrons. The van der Waals surface area contributed by atoms with Crippen LogP contribution in [0.25, 0.3) is 0 Å². The third-order valence-corrected chi connectivity index (χ3v) is 3.24. The average molecular weight is 280 g/mol. The molecular weight excluding hydrogens is 264 g/mol. The predicted molar refractivity (Wildman–Crippen MR) is 72.0 cm³/mol. The van der Waals surface area contributed by atoms with Gasteiger partial charge < -0.3 is 14.7 Å². The van der Waals surface area contributed by atoms with Gasteiger partial charge in [0.25, 0.3) is 5.91 Å². The largest absolute Gasteiger partial charge is 0.490 e. The van der Waals surface area contributed by atoms with Crippen LogP contribution in [0.3, 0.4) is 0 Å². The van der Waals surface area contributed by atoms with Gasteiger partial charge in [0, 0.05) is 12.6 Å². The number of carbonyl (C=O) groups is 1. The van der Waals surface area contributed by atoms with Crippen molar-refractivity contribution in [3.8, 4) is 5.75 Å². The van der Waals surface area contributed by atoms with Crippen molar-refractivity contribution in [2.45, 2.75) is 25.9 Å². The molecule has 0 saturated carbocycles. The first-order valence-corrected chi connectivity index (χ1v) is 6.15. The lowest BCUT2D eigenvalue weighted by Gasteiger charge is -2.25. The maximum atomic E-state index is 12.1. The fourth-order valence-electron chi connectivity index (χ4n) is 2.25. The van der Waals surface area contributed by atoms with Gasteiger partial charge in [-0.05, 0) is 31.9 Å². The van der Waals surface area contributed by atoms with Gasteiger partial charge in [0.05, 0.1) is 17.7 Å². The number of nitrogens with zero attached hydrogens (tertiary/aromatic N) is 2. The number of hydrogen-bond acceptors (Lipinski definition) is 5. The first-order valence-electron chi connectivity index (χ1n) is 6.15. The van der Waals surface area contributed by atoms with Crippen LogP contribution in [0.1, 0.15) is 19.4 Å². The van der Waals surface area contributed by atoms with Crippen molar-refractivity contribution in [2.24, 2.45) is 0 Å². The van der Waals surface area contributed by atoms with Crippen molar-refractivity contribution in [1.82, 2.24) is 0 Å². The summed E-state index contributed by atoms with van der Waals surface area (Å²) >= 11 is 0. The van der Waals surface area contributed by atoms with Crippen LogP contribution in [-0.2, 0) is 11.2 Å². The minimum absolute atomic E-state index is 0.173. The zero-order valence-corrected chi connectivity index (χ0v) is 11.5. The number of rotatable bonds is 3. The molecule has 1 aliphatic heterocycles. The van der Waals surface area contributed by atoms with Crippen molar-refractivity contribution in [1.29, 1.82) is 0 Å². The zero-order valence-electron chi connectivity index (χ0n) is 11.5. The number of fused-ring (bicyclic) bond motifs is 1. The first-order chi connectivity index (χ1) is 9.25. The van der Waals surface area contributed by atoms with Crippen LogP contribution in [0.15, 0.2) is 12.1 Å². The SMILES string of the molecule is COc1cc2c(cc1[N+](=O)[O-])N(C(=O)C(C)(C)O)CC2. The molecule has 1 heterocycles. The second-order valence-corrected chi connectivity index (χ2v) is 5.18. The normalized spacial score (nSPS) is 14.1. The van der Waals surface area contributed by atoms with Crippen LogP contribution >= 0.6 is 0 Å². The highest BCUT2D eigenvalue weighted by Crippen LogP contribution is 2.39. The molecule has 1 N–H and O–H groups in total. The second-order valence-electron chi connectivity index (χ2n) is 5.18. The molecule has 1 aromatic rings. The highest BCUT2D eigenvalue weighted by molar-refractivity contribution is 6.00. The summed E-state index contributed by atoms with van der Waals surface area (Å²) in [6.45, 7) is 3.18. The van der Waals surface area contributed by atoms with Gasteiger partial charge in [0.1, 0.15) is 5.60 Å². The number of aliphatic hydroxyl groups is 1. The number of ether oxygens (including phenoxy) is 1. The third-order valence-electron chi connectivity index (χ3n) is 3.24. The van der Waals surface area contributed by atoms with Crippen LogP contribution in [0.4, 0.5) is 11.4 Å². The monoisotopic (exact) mass is 280 g/mol. The van der Waals surface area contributed by atoms with Gasteiger partial charge >= 0.3 is 5.69 Å². The summed E-state index contributed by atoms with van der Waals surface area (Å²) < 4.78 is 5.00. The molecule has 0 aliphatic carbocycles. The second kappa shape index (κ2) is 4.75. The molecule has 0 fully saturated rings. The number of nitro benzene ring substituents is 1. The van der Waals surface area contributed by atoms with E-state index in [-0.39, 0.29) is 11.4 Å². The summed E-state index contributed by atoms with van der Waals surface area (Å²) in [5.41, 5.74) is -0.451. The highest BCUT2D eigenvalue weighted by atomic mass is 16.6. The van der Waals surface area contributed by atoms with Crippen molar-refractivity contribution >= 4 is 17.3 Å². The van der Waals surface area contributed by atoms with Crippen LogP contribution < -0.4 is 9.64 Å². The first kappa shape index (κ1) is 14.3. The highest BCUT2D eigenvalue weighted by Gasteiger charge is 2.35. The summed E-state index contributed by atoms with van der Waals surface area (Å²) in [6.07, 6.45) is 0.575. The number of amides is 1. The van der Waals surface area contributed by atoms with E-state index < -0.39 is 16.4 Å². The predicted octanol–water partition coefficient (Wildman–Crippen LogP) is 1.26. The molecule has 1 aromatic carbocycles. The minimum Gasteiger partial charge on any atom is -0.490 e. The summed E-state index contributed by atoms with van der Waals surface area (Å²) in [4.78, 5) is 24.0. The Kier molecular flexibility index (Phi) is 3.39. The van der Waals surface area contributed by atoms with Crippen molar-refractivity contribution in [3.05, 3.63) is 27.8 Å². The lowest BCUT2D eigenvalue weighted by atomic mass is 10.1. The lowest BCUT2D eigenvalue weighted by Crippen LogP contribution is -2.44. The molecule has 108 valence electrons. The Balaban J connectivity index is 2.49. The molecule has 1 amide bonds. The molecular formula is C13H16N2O5. The maximum absolute atomic E-state index is 12.1. The van der Waals surface area contributed by atoms with Crippen LogP contribution in [0, 0.1) is 10.1 Å². The molecule has 7 heteroatoms.